The summed E-state index contributed by atoms with van der Waals surface area (Å²) in [6.45, 7) is 4.42. The highest BCUT2D eigenvalue weighted by molar-refractivity contribution is 5.35. The fraction of sp³-hybridized carbons (Fsp3) is 0.357. The summed E-state index contributed by atoms with van der Waals surface area (Å²) < 4.78 is 15.4. The molecule has 0 saturated heterocycles. The maximum Gasteiger partial charge on any atom is 0.123 e. The van der Waals surface area contributed by atoms with E-state index >= 15 is 0 Å². The molecule has 2 heterocycles. The van der Waals surface area contributed by atoms with Crippen LogP contribution in [0.4, 0.5) is 4.39 Å². The molecule has 0 radical (unpaired) electrons. The number of phenolic OH excluding ortho intramolecular Hbond substituents is 1. The van der Waals surface area contributed by atoms with Gasteiger partial charge in [0, 0.05) is 37.1 Å². The predicted octanol–water partition coefficient (Wildman–Crippen LogP) is 2.30. The Kier molecular flexibility index (Phi) is 2.98. The van der Waals surface area contributed by atoms with Crippen molar-refractivity contribution in [1.82, 2.24) is 14.5 Å². The second-order valence-corrected chi connectivity index (χ2v) is 4.89. The van der Waals surface area contributed by atoms with E-state index in [0.29, 0.717) is 12.1 Å². The Morgan fingerprint density at radius 3 is 3.05 bits per heavy atom. The number of phenols is 1. The molecule has 1 aliphatic rings. The van der Waals surface area contributed by atoms with Crippen LogP contribution in [0.5, 0.6) is 5.75 Å². The Bertz CT molecular complexity index is 596. The van der Waals surface area contributed by atoms with Gasteiger partial charge in [0.1, 0.15) is 17.4 Å². The van der Waals surface area contributed by atoms with Crippen LogP contribution in [0.1, 0.15) is 24.4 Å². The van der Waals surface area contributed by atoms with Crippen LogP contribution in [0, 0.1) is 5.82 Å². The Balaban J connectivity index is 1.85. The fourth-order valence-electron chi connectivity index (χ4n) is 2.58. The lowest BCUT2D eigenvalue weighted by Gasteiger charge is -2.33. The van der Waals surface area contributed by atoms with Crippen molar-refractivity contribution in [2.24, 2.45) is 0 Å². The molecule has 0 saturated carbocycles. The lowest BCUT2D eigenvalue weighted by molar-refractivity contribution is 0.161. The quantitative estimate of drug-likeness (QED) is 0.902. The van der Waals surface area contributed by atoms with Crippen LogP contribution >= 0.6 is 0 Å². The fourth-order valence-corrected chi connectivity index (χ4v) is 2.58. The second kappa shape index (κ2) is 4.66. The van der Waals surface area contributed by atoms with Gasteiger partial charge in [0.25, 0.3) is 0 Å². The van der Waals surface area contributed by atoms with Gasteiger partial charge in [-0.1, -0.05) is 0 Å². The minimum atomic E-state index is -0.321. The number of benzene rings is 1. The van der Waals surface area contributed by atoms with Gasteiger partial charge in [-0.05, 0) is 25.1 Å². The van der Waals surface area contributed by atoms with Crippen LogP contribution < -0.4 is 0 Å². The van der Waals surface area contributed by atoms with Crippen molar-refractivity contribution in [3.63, 3.8) is 0 Å². The molecule has 1 aromatic heterocycles. The molecule has 1 N–H and O–H groups in total. The second-order valence-electron chi connectivity index (χ2n) is 4.89. The van der Waals surface area contributed by atoms with Gasteiger partial charge in [-0.25, -0.2) is 9.37 Å². The highest BCUT2D eigenvalue weighted by atomic mass is 19.1. The first-order chi connectivity index (χ1) is 9.15. The normalized spacial score (nSPS) is 17.2. The first-order valence-corrected chi connectivity index (χ1v) is 6.37. The predicted molar refractivity (Wildman–Crippen MR) is 69.1 cm³/mol. The number of hydrogen-bond donors (Lipinski definition) is 1. The molecule has 0 bridgehead atoms. The SMILES string of the molecule is CC(c1cc(F)ccc1O)N1CCn2ccnc2C1. The molecule has 1 aliphatic heterocycles. The van der Waals surface area contributed by atoms with E-state index in [1.165, 1.54) is 18.2 Å². The van der Waals surface area contributed by atoms with Crippen LogP contribution in [-0.2, 0) is 13.1 Å². The summed E-state index contributed by atoms with van der Waals surface area (Å²) in [4.78, 5) is 6.50. The number of imidazole rings is 1. The van der Waals surface area contributed by atoms with E-state index in [-0.39, 0.29) is 17.6 Å². The van der Waals surface area contributed by atoms with Crippen molar-refractivity contribution < 1.29 is 9.50 Å². The van der Waals surface area contributed by atoms with Crippen LogP contribution in [0.2, 0.25) is 0 Å². The smallest absolute Gasteiger partial charge is 0.123 e. The van der Waals surface area contributed by atoms with E-state index in [1.54, 1.807) is 6.20 Å². The summed E-state index contributed by atoms with van der Waals surface area (Å²) in [5.41, 5.74) is 0.625. The average molecular weight is 261 g/mol. The van der Waals surface area contributed by atoms with Crippen LogP contribution in [-0.4, -0.2) is 26.1 Å². The molecule has 0 amide bonds. The molecule has 1 unspecified atom stereocenters. The third-order valence-electron chi connectivity index (χ3n) is 3.76. The summed E-state index contributed by atoms with van der Waals surface area (Å²) in [6.07, 6.45) is 3.76. The lowest BCUT2D eigenvalue weighted by Crippen LogP contribution is -2.35. The maximum atomic E-state index is 13.3. The summed E-state index contributed by atoms with van der Waals surface area (Å²) in [5.74, 6) is 0.829. The molecule has 1 atom stereocenters. The Morgan fingerprint density at radius 1 is 1.37 bits per heavy atom. The molecule has 0 aliphatic carbocycles. The van der Waals surface area contributed by atoms with Crippen molar-refractivity contribution in [3.05, 3.63) is 47.8 Å². The van der Waals surface area contributed by atoms with Crippen LogP contribution in [0.3, 0.4) is 0 Å². The van der Waals surface area contributed by atoms with Gasteiger partial charge in [-0.2, -0.15) is 0 Å². The molecular formula is C14H16FN3O. The molecule has 4 nitrogen and oxygen atoms in total. The summed E-state index contributed by atoms with van der Waals surface area (Å²) in [7, 11) is 0. The van der Waals surface area contributed by atoms with E-state index in [9.17, 15) is 9.50 Å². The van der Waals surface area contributed by atoms with Crippen LogP contribution in [0.25, 0.3) is 0 Å². The molecular weight excluding hydrogens is 245 g/mol. The minimum Gasteiger partial charge on any atom is -0.508 e. The van der Waals surface area contributed by atoms with E-state index in [4.69, 9.17) is 0 Å². The molecule has 100 valence electrons. The highest BCUT2D eigenvalue weighted by Crippen LogP contribution is 2.30. The van der Waals surface area contributed by atoms with Crippen molar-refractivity contribution in [1.29, 1.82) is 0 Å². The topological polar surface area (TPSA) is 41.3 Å². The minimum absolute atomic E-state index is 0.0406. The zero-order valence-electron chi connectivity index (χ0n) is 10.8. The Hall–Kier alpha value is -1.88. The van der Waals surface area contributed by atoms with E-state index in [2.05, 4.69) is 14.5 Å². The monoisotopic (exact) mass is 261 g/mol. The van der Waals surface area contributed by atoms with Gasteiger partial charge < -0.3 is 9.67 Å². The van der Waals surface area contributed by atoms with Gasteiger partial charge in [-0.3, -0.25) is 4.90 Å². The number of hydrogen-bond acceptors (Lipinski definition) is 3. The standard InChI is InChI=1S/C14H16FN3O/c1-10(12-8-11(15)2-3-13(12)19)18-7-6-17-5-4-16-14(17)9-18/h2-5,8,10,19H,6-7,9H2,1H3. The number of fused-ring (bicyclic) bond motifs is 1. The average Bonchev–Trinajstić information content (AvgIpc) is 2.88. The van der Waals surface area contributed by atoms with Gasteiger partial charge in [0.05, 0.1) is 6.54 Å². The van der Waals surface area contributed by atoms with E-state index in [1.807, 2.05) is 13.1 Å². The van der Waals surface area contributed by atoms with Crippen LogP contribution in [0.15, 0.2) is 30.6 Å². The number of aromatic nitrogens is 2. The van der Waals surface area contributed by atoms with E-state index < -0.39 is 0 Å². The van der Waals surface area contributed by atoms with Gasteiger partial charge in [-0.15, -0.1) is 0 Å². The zero-order chi connectivity index (χ0) is 13.4. The maximum absolute atomic E-state index is 13.3. The molecule has 3 rings (SSSR count). The number of aromatic hydroxyl groups is 1. The third kappa shape index (κ3) is 2.21. The Labute approximate surface area is 111 Å². The first kappa shape index (κ1) is 12.2. The molecule has 2 aromatic rings. The molecule has 1 aromatic carbocycles. The van der Waals surface area contributed by atoms with Crippen molar-refractivity contribution in [3.8, 4) is 5.75 Å². The van der Waals surface area contributed by atoms with Crippen molar-refractivity contribution >= 4 is 0 Å². The van der Waals surface area contributed by atoms with Gasteiger partial charge in [0.15, 0.2) is 0 Å². The number of rotatable bonds is 2. The van der Waals surface area contributed by atoms with E-state index in [0.717, 1.165) is 18.9 Å². The summed E-state index contributed by atoms with van der Waals surface area (Å²) in [6, 6.07) is 4.04. The molecule has 5 heteroatoms. The summed E-state index contributed by atoms with van der Waals surface area (Å²) in [5, 5.41) is 9.88. The third-order valence-corrected chi connectivity index (χ3v) is 3.76. The summed E-state index contributed by atoms with van der Waals surface area (Å²) >= 11 is 0. The first-order valence-electron chi connectivity index (χ1n) is 6.37. The van der Waals surface area contributed by atoms with Crippen molar-refractivity contribution in [2.45, 2.75) is 26.1 Å². The van der Waals surface area contributed by atoms with Crippen molar-refractivity contribution in [2.75, 3.05) is 6.54 Å². The number of halogens is 1. The van der Waals surface area contributed by atoms with Gasteiger partial charge >= 0.3 is 0 Å². The molecule has 19 heavy (non-hydrogen) atoms. The highest BCUT2D eigenvalue weighted by Gasteiger charge is 2.24. The molecule has 0 fully saturated rings. The molecule has 0 spiro atoms. The number of nitrogens with zero attached hydrogens (tertiary/aromatic N) is 3. The Morgan fingerprint density at radius 2 is 2.21 bits per heavy atom. The zero-order valence-corrected chi connectivity index (χ0v) is 10.8. The largest absolute Gasteiger partial charge is 0.508 e. The lowest BCUT2D eigenvalue weighted by atomic mass is 10.0. The van der Waals surface area contributed by atoms with Gasteiger partial charge in [0.2, 0.25) is 0 Å².